The van der Waals surface area contributed by atoms with Crippen LogP contribution in [0.4, 0.5) is 5.69 Å². The van der Waals surface area contributed by atoms with Gasteiger partial charge >= 0.3 is 0 Å². The first kappa shape index (κ1) is 17.8. The summed E-state index contributed by atoms with van der Waals surface area (Å²) in [6.07, 6.45) is 2.37. The summed E-state index contributed by atoms with van der Waals surface area (Å²) >= 11 is 0. The molecule has 0 unspecified atom stereocenters. The Hall–Kier alpha value is -2.60. The van der Waals surface area contributed by atoms with E-state index in [0.717, 1.165) is 23.5 Å². The number of hydrogen-bond donors (Lipinski definition) is 2. The second kappa shape index (κ2) is 7.19. The van der Waals surface area contributed by atoms with Crippen molar-refractivity contribution < 1.29 is 9.59 Å². The number of hydrogen-bond acceptors (Lipinski definition) is 3. The van der Waals surface area contributed by atoms with Gasteiger partial charge in [0, 0.05) is 37.9 Å². The fourth-order valence-corrected chi connectivity index (χ4v) is 4.33. The highest BCUT2D eigenvalue weighted by Crippen LogP contribution is 2.28. The molecule has 27 heavy (non-hydrogen) atoms. The molecule has 142 valence electrons. The normalized spacial score (nSPS) is 23.9. The molecule has 2 aromatic rings. The summed E-state index contributed by atoms with van der Waals surface area (Å²) in [7, 11) is 1.92. The molecule has 5 rings (SSSR count). The molecule has 3 fully saturated rings. The van der Waals surface area contributed by atoms with E-state index in [4.69, 9.17) is 0 Å². The maximum absolute atomic E-state index is 12.8. The average Bonchev–Trinajstić information content (AvgIpc) is 3.04. The fraction of sp³-hybridized carbons (Fsp3) is 0.429. The molecule has 6 heteroatoms. The van der Waals surface area contributed by atoms with Crippen molar-refractivity contribution in [1.29, 1.82) is 0 Å². The summed E-state index contributed by atoms with van der Waals surface area (Å²) in [6, 6.07) is 11.8. The molecule has 6 nitrogen and oxygen atoms in total. The average molecular weight is 366 g/mol. The van der Waals surface area contributed by atoms with Crippen LogP contribution >= 0.6 is 0 Å². The minimum Gasteiger partial charge on any atom is -0.346 e. The minimum atomic E-state index is -0.0895. The zero-order valence-corrected chi connectivity index (χ0v) is 15.9. The summed E-state index contributed by atoms with van der Waals surface area (Å²) in [4.78, 5) is 26.4. The van der Waals surface area contributed by atoms with Gasteiger partial charge in [-0.3, -0.25) is 9.59 Å². The van der Waals surface area contributed by atoms with Crippen molar-refractivity contribution >= 4 is 17.5 Å². The molecule has 2 N–H and O–H groups in total. The highest BCUT2D eigenvalue weighted by atomic mass is 16.2. The van der Waals surface area contributed by atoms with Gasteiger partial charge in [0.1, 0.15) is 5.69 Å². The van der Waals surface area contributed by atoms with Crippen LogP contribution < -0.4 is 10.6 Å². The monoisotopic (exact) mass is 366 g/mol. The first-order valence-corrected chi connectivity index (χ1v) is 9.58. The number of carbonyl (C=O) groups excluding carboxylic acids is 2. The van der Waals surface area contributed by atoms with Crippen molar-refractivity contribution in [1.82, 2.24) is 14.8 Å². The van der Waals surface area contributed by atoms with Gasteiger partial charge in [-0.15, -0.1) is 0 Å². The summed E-state index contributed by atoms with van der Waals surface area (Å²) in [5.41, 5.74) is 3.42. The predicted molar refractivity (Wildman–Crippen MR) is 106 cm³/mol. The first-order chi connectivity index (χ1) is 13.0. The standard InChI is InChI=1S/C21H26N4O2/c1-14(26)22-17-5-3-16(4-6-17)19-7-8-20(24(19)2)21(27)23-18-13-25-11-9-15(18)10-12-25/h3-8,15,18H,9-13H2,1-2H3,(H,22,26)(H,23,27)/t18-/m0/s1. The highest BCUT2D eigenvalue weighted by molar-refractivity contribution is 5.94. The van der Waals surface area contributed by atoms with Gasteiger partial charge in [0.2, 0.25) is 5.91 Å². The van der Waals surface area contributed by atoms with Crippen molar-refractivity contribution in [2.24, 2.45) is 13.0 Å². The van der Waals surface area contributed by atoms with Crippen molar-refractivity contribution in [2.75, 3.05) is 25.0 Å². The number of anilines is 1. The molecule has 2 amide bonds. The van der Waals surface area contributed by atoms with Crippen LogP contribution in [0.1, 0.15) is 30.3 Å². The number of nitrogens with zero attached hydrogens (tertiary/aromatic N) is 2. The Kier molecular flexibility index (Phi) is 4.74. The van der Waals surface area contributed by atoms with E-state index >= 15 is 0 Å². The predicted octanol–water partition coefficient (Wildman–Crippen LogP) is 2.47. The van der Waals surface area contributed by atoms with Crippen molar-refractivity contribution in [3.63, 3.8) is 0 Å². The molecular formula is C21H26N4O2. The third kappa shape index (κ3) is 3.62. The van der Waals surface area contributed by atoms with Crippen LogP contribution in [0, 0.1) is 5.92 Å². The van der Waals surface area contributed by atoms with E-state index in [1.54, 1.807) is 0 Å². The minimum absolute atomic E-state index is 0.00244. The van der Waals surface area contributed by atoms with Crippen LogP contribution in [-0.2, 0) is 11.8 Å². The summed E-state index contributed by atoms with van der Waals surface area (Å²) in [5, 5.41) is 6.02. The van der Waals surface area contributed by atoms with E-state index in [1.165, 1.54) is 32.9 Å². The molecule has 2 bridgehead atoms. The van der Waals surface area contributed by atoms with Gasteiger partial charge in [0.05, 0.1) is 0 Å². The Bertz CT molecular complexity index is 848. The molecule has 3 aliphatic rings. The zero-order valence-electron chi connectivity index (χ0n) is 15.9. The maximum atomic E-state index is 12.8. The van der Waals surface area contributed by atoms with Gasteiger partial charge in [-0.2, -0.15) is 0 Å². The van der Waals surface area contributed by atoms with E-state index in [-0.39, 0.29) is 17.9 Å². The van der Waals surface area contributed by atoms with Crippen LogP contribution in [0.5, 0.6) is 0 Å². The van der Waals surface area contributed by atoms with Gasteiger partial charge < -0.3 is 20.1 Å². The number of aromatic nitrogens is 1. The number of piperidine rings is 3. The first-order valence-electron chi connectivity index (χ1n) is 9.58. The summed E-state index contributed by atoms with van der Waals surface area (Å²) in [5.74, 6) is 0.519. The van der Waals surface area contributed by atoms with Crippen LogP contribution in [-0.4, -0.2) is 47.0 Å². The second-order valence-corrected chi connectivity index (χ2v) is 7.64. The lowest BCUT2D eigenvalue weighted by Gasteiger charge is -2.44. The van der Waals surface area contributed by atoms with Crippen LogP contribution in [0.25, 0.3) is 11.3 Å². The smallest absolute Gasteiger partial charge is 0.268 e. The van der Waals surface area contributed by atoms with Gasteiger partial charge in [0.15, 0.2) is 0 Å². The number of carbonyl (C=O) groups is 2. The number of nitrogens with one attached hydrogen (secondary N) is 2. The molecule has 0 saturated carbocycles. The lowest BCUT2D eigenvalue weighted by Crippen LogP contribution is -2.57. The third-order valence-corrected chi connectivity index (χ3v) is 5.83. The lowest BCUT2D eigenvalue weighted by molar-refractivity contribution is -0.114. The molecule has 0 radical (unpaired) electrons. The molecule has 1 aromatic carbocycles. The Balaban J connectivity index is 1.48. The molecule has 1 aromatic heterocycles. The lowest BCUT2D eigenvalue weighted by atomic mass is 9.84. The van der Waals surface area contributed by atoms with Crippen molar-refractivity contribution in [3.05, 3.63) is 42.1 Å². The third-order valence-electron chi connectivity index (χ3n) is 5.83. The number of fused-ring (bicyclic) bond motifs is 3. The fourth-order valence-electron chi connectivity index (χ4n) is 4.33. The molecule has 4 heterocycles. The molecule has 1 atom stereocenters. The largest absolute Gasteiger partial charge is 0.346 e. The SMILES string of the molecule is CC(=O)Nc1ccc(-c2ccc(C(=O)N[C@H]3CN4CCC3CC4)n2C)cc1. The topological polar surface area (TPSA) is 66.4 Å². The van der Waals surface area contributed by atoms with E-state index in [2.05, 4.69) is 15.5 Å². The van der Waals surface area contributed by atoms with E-state index in [0.29, 0.717) is 11.6 Å². The molecule has 3 aliphatic heterocycles. The number of rotatable bonds is 4. The summed E-state index contributed by atoms with van der Waals surface area (Å²) in [6.45, 7) is 4.79. The number of benzene rings is 1. The van der Waals surface area contributed by atoms with Gasteiger partial charge in [-0.25, -0.2) is 0 Å². The highest BCUT2D eigenvalue weighted by Gasteiger charge is 2.35. The zero-order chi connectivity index (χ0) is 19.0. The Labute approximate surface area is 159 Å². The Morgan fingerprint density at radius 2 is 1.74 bits per heavy atom. The Morgan fingerprint density at radius 3 is 2.33 bits per heavy atom. The second-order valence-electron chi connectivity index (χ2n) is 7.64. The van der Waals surface area contributed by atoms with Crippen molar-refractivity contribution in [3.8, 4) is 11.3 Å². The van der Waals surface area contributed by atoms with E-state index in [9.17, 15) is 9.59 Å². The quantitative estimate of drug-likeness (QED) is 0.874. The summed E-state index contributed by atoms with van der Waals surface area (Å²) < 4.78 is 1.93. The maximum Gasteiger partial charge on any atom is 0.268 e. The van der Waals surface area contributed by atoms with Crippen LogP contribution in [0.2, 0.25) is 0 Å². The van der Waals surface area contributed by atoms with Crippen molar-refractivity contribution in [2.45, 2.75) is 25.8 Å². The van der Waals surface area contributed by atoms with E-state index < -0.39 is 0 Å². The van der Waals surface area contributed by atoms with Crippen LogP contribution in [0.15, 0.2) is 36.4 Å². The molecule has 0 aliphatic carbocycles. The Morgan fingerprint density at radius 1 is 1.04 bits per heavy atom. The molecule has 3 saturated heterocycles. The van der Waals surface area contributed by atoms with Crippen LogP contribution in [0.3, 0.4) is 0 Å². The van der Waals surface area contributed by atoms with E-state index in [1.807, 2.05) is 48.0 Å². The van der Waals surface area contributed by atoms with Gasteiger partial charge in [-0.1, -0.05) is 12.1 Å². The molecular weight excluding hydrogens is 340 g/mol. The number of amides is 2. The molecule has 0 spiro atoms. The van der Waals surface area contributed by atoms with Gasteiger partial charge in [-0.05, 0) is 61.7 Å². The van der Waals surface area contributed by atoms with Gasteiger partial charge in [0.25, 0.3) is 5.91 Å².